The van der Waals surface area contributed by atoms with Gasteiger partial charge in [0.15, 0.2) is 0 Å². The van der Waals surface area contributed by atoms with Crippen molar-refractivity contribution >= 4 is 17.2 Å². The first kappa shape index (κ1) is 15.0. The zero-order valence-electron chi connectivity index (χ0n) is 13.1. The van der Waals surface area contributed by atoms with Crippen LogP contribution >= 0.6 is 11.3 Å². The van der Waals surface area contributed by atoms with E-state index in [-0.39, 0.29) is 12.1 Å². The Kier molecular flexibility index (Phi) is 4.08. The number of amides is 1. The van der Waals surface area contributed by atoms with Gasteiger partial charge in [0.2, 0.25) is 5.91 Å². The lowest BCUT2D eigenvalue weighted by Gasteiger charge is -2.26. The monoisotopic (exact) mass is 307 g/mol. The van der Waals surface area contributed by atoms with Crippen molar-refractivity contribution in [3.05, 3.63) is 22.4 Å². The molecule has 2 fully saturated rings. The van der Waals surface area contributed by atoms with Crippen LogP contribution in [0.25, 0.3) is 0 Å². The number of carbonyl (C=O) groups excluding carboxylic acids is 1. The molecule has 3 rings (SSSR count). The molecule has 2 aliphatic rings. The van der Waals surface area contributed by atoms with Gasteiger partial charge in [-0.05, 0) is 61.7 Å². The van der Waals surface area contributed by atoms with E-state index < -0.39 is 5.54 Å². The molecular weight excluding hydrogens is 282 g/mol. The van der Waals surface area contributed by atoms with Gasteiger partial charge in [-0.1, -0.05) is 6.92 Å². The molecule has 3 atom stereocenters. The van der Waals surface area contributed by atoms with Crippen LogP contribution in [-0.4, -0.2) is 47.9 Å². The zero-order chi connectivity index (χ0) is 15.0. The minimum atomic E-state index is -0.420. The fourth-order valence-electron chi connectivity index (χ4n) is 3.46. The summed E-state index contributed by atoms with van der Waals surface area (Å²) in [5, 5.41) is 7.81. The fraction of sp³-hybridized carbons (Fsp3) is 0.688. The molecule has 0 bridgehead atoms. The predicted octanol–water partition coefficient (Wildman–Crippen LogP) is 2.30. The second-order valence-corrected chi connectivity index (χ2v) is 7.44. The Hall–Kier alpha value is -0.910. The molecule has 2 saturated heterocycles. The maximum atomic E-state index is 12.9. The summed E-state index contributed by atoms with van der Waals surface area (Å²) in [5.74, 6) is 0.858. The highest BCUT2D eigenvalue weighted by Gasteiger charge is 2.47. The first-order valence-corrected chi connectivity index (χ1v) is 8.77. The van der Waals surface area contributed by atoms with E-state index in [1.165, 1.54) is 12.0 Å². The summed E-state index contributed by atoms with van der Waals surface area (Å²) in [5.41, 5.74) is 0.800. The molecule has 0 aromatic carbocycles. The Labute approximate surface area is 131 Å². The van der Waals surface area contributed by atoms with Crippen LogP contribution in [0.4, 0.5) is 0 Å². The second kappa shape index (κ2) is 5.71. The van der Waals surface area contributed by atoms with Crippen molar-refractivity contribution < 1.29 is 4.79 Å². The lowest BCUT2D eigenvalue weighted by Crippen LogP contribution is -2.43. The van der Waals surface area contributed by atoms with Crippen molar-refractivity contribution in [2.24, 2.45) is 5.92 Å². The van der Waals surface area contributed by atoms with Crippen LogP contribution in [0.15, 0.2) is 16.8 Å². The van der Waals surface area contributed by atoms with E-state index in [9.17, 15) is 4.79 Å². The van der Waals surface area contributed by atoms with E-state index >= 15 is 0 Å². The van der Waals surface area contributed by atoms with Crippen LogP contribution in [0.3, 0.4) is 0 Å². The van der Waals surface area contributed by atoms with Gasteiger partial charge in [0.25, 0.3) is 0 Å². The second-order valence-electron chi connectivity index (χ2n) is 6.66. The largest absolute Gasteiger partial charge is 0.321 e. The summed E-state index contributed by atoms with van der Waals surface area (Å²) in [6.45, 7) is 7.24. The Morgan fingerprint density at radius 1 is 1.52 bits per heavy atom. The first-order chi connectivity index (χ1) is 10.0. The Morgan fingerprint density at radius 2 is 2.33 bits per heavy atom. The molecule has 21 heavy (non-hydrogen) atoms. The van der Waals surface area contributed by atoms with Gasteiger partial charge in [-0.15, -0.1) is 0 Å². The van der Waals surface area contributed by atoms with E-state index in [1.54, 1.807) is 11.3 Å². The summed E-state index contributed by atoms with van der Waals surface area (Å²) in [4.78, 5) is 17.3. The summed E-state index contributed by atoms with van der Waals surface area (Å²) in [6, 6.07) is 2.13. The van der Waals surface area contributed by atoms with Gasteiger partial charge in [0, 0.05) is 13.1 Å². The van der Waals surface area contributed by atoms with Gasteiger partial charge < -0.3 is 9.80 Å². The number of carbonyl (C=O) groups is 1. The number of thiophene rings is 1. The van der Waals surface area contributed by atoms with Crippen molar-refractivity contribution in [2.45, 2.75) is 38.4 Å². The maximum Gasteiger partial charge on any atom is 0.244 e. The molecule has 4 nitrogen and oxygen atoms in total. The molecule has 0 saturated carbocycles. The molecule has 1 aromatic rings. The molecule has 3 heterocycles. The summed E-state index contributed by atoms with van der Waals surface area (Å²) >= 11 is 1.69. The Bertz CT molecular complexity index is 504. The fourth-order valence-corrected chi connectivity index (χ4v) is 4.14. The number of nitrogens with one attached hydrogen (secondary N) is 1. The number of rotatable bonds is 4. The third-order valence-corrected chi connectivity index (χ3v) is 5.71. The predicted molar refractivity (Wildman–Crippen MR) is 86.2 cm³/mol. The summed E-state index contributed by atoms with van der Waals surface area (Å²) in [7, 11) is 2.16. The van der Waals surface area contributed by atoms with E-state index in [2.05, 4.69) is 45.9 Å². The van der Waals surface area contributed by atoms with Gasteiger partial charge >= 0.3 is 0 Å². The SMILES string of the molecule is CCC1(C)NC(c2ccsc2)N(CC2CCN(C)C2)C1=O. The smallest absolute Gasteiger partial charge is 0.244 e. The number of likely N-dealkylation sites (tertiary alicyclic amines) is 1. The molecule has 1 N–H and O–H groups in total. The minimum Gasteiger partial charge on any atom is -0.321 e. The molecule has 2 aliphatic heterocycles. The van der Waals surface area contributed by atoms with Crippen LogP contribution in [0.2, 0.25) is 0 Å². The zero-order valence-corrected chi connectivity index (χ0v) is 13.9. The van der Waals surface area contributed by atoms with Gasteiger partial charge in [-0.25, -0.2) is 0 Å². The van der Waals surface area contributed by atoms with Crippen LogP contribution < -0.4 is 5.32 Å². The quantitative estimate of drug-likeness (QED) is 0.927. The molecule has 116 valence electrons. The van der Waals surface area contributed by atoms with Crippen molar-refractivity contribution in [3.8, 4) is 0 Å². The maximum absolute atomic E-state index is 12.9. The molecule has 1 amide bonds. The van der Waals surface area contributed by atoms with Crippen LogP contribution in [-0.2, 0) is 4.79 Å². The average Bonchev–Trinajstić information content (AvgIpc) is 3.17. The van der Waals surface area contributed by atoms with Crippen molar-refractivity contribution in [2.75, 3.05) is 26.7 Å². The van der Waals surface area contributed by atoms with Gasteiger partial charge in [-0.3, -0.25) is 10.1 Å². The normalized spacial score (nSPS) is 34.0. The van der Waals surface area contributed by atoms with Crippen LogP contribution in [0.1, 0.15) is 38.4 Å². The highest BCUT2D eigenvalue weighted by atomic mass is 32.1. The molecule has 3 unspecified atom stereocenters. The number of hydrogen-bond acceptors (Lipinski definition) is 4. The van der Waals surface area contributed by atoms with Crippen LogP contribution in [0, 0.1) is 5.92 Å². The number of hydrogen-bond donors (Lipinski definition) is 1. The minimum absolute atomic E-state index is 0.0413. The molecule has 0 radical (unpaired) electrons. The Morgan fingerprint density at radius 3 is 2.90 bits per heavy atom. The van der Waals surface area contributed by atoms with Crippen LogP contribution in [0.5, 0.6) is 0 Å². The van der Waals surface area contributed by atoms with E-state index in [0.717, 1.165) is 26.1 Å². The average molecular weight is 307 g/mol. The summed E-state index contributed by atoms with van der Waals surface area (Å²) in [6.07, 6.45) is 2.06. The Balaban J connectivity index is 1.81. The third kappa shape index (κ3) is 2.74. The first-order valence-electron chi connectivity index (χ1n) is 7.83. The lowest BCUT2D eigenvalue weighted by molar-refractivity contribution is -0.133. The summed E-state index contributed by atoms with van der Waals surface area (Å²) < 4.78 is 0. The highest BCUT2D eigenvalue weighted by Crippen LogP contribution is 2.34. The van der Waals surface area contributed by atoms with E-state index in [1.807, 2.05) is 6.92 Å². The van der Waals surface area contributed by atoms with Crippen molar-refractivity contribution in [1.29, 1.82) is 0 Å². The van der Waals surface area contributed by atoms with E-state index in [4.69, 9.17) is 0 Å². The third-order valence-electron chi connectivity index (χ3n) is 5.01. The van der Waals surface area contributed by atoms with E-state index in [0.29, 0.717) is 5.92 Å². The lowest BCUT2D eigenvalue weighted by atomic mass is 9.99. The van der Waals surface area contributed by atoms with Gasteiger partial charge in [0.1, 0.15) is 6.17 Å². The van der Waals surface area contributed by atoms with Gasteiger partial charge in [-0.2, -0.15) is 11.3 Å². The van der Waals surface area contributed by atoms with Crippen molar-refractivity contribution in [3.63, 3.8) is 0 Å². The van der Waals surface area contributed by atoms with Crippen molar-refractivity contribution in [1.82, 2.24) is 15.1 Å². The molecule has 0 spiro atoms. The highest BCUT2D eigenvalue weighted by molar-refractivity contribution is 7.07. The molecular formula is C16H25N3OS. The molecule has 0 aliphatic carbocycles. The topological polar surface area (TPSA) is 35.6 Å². The number of nitrogens with zero attached hydrogens (tertiary/aromatic N) is 2. The standard InChI is InChI=1S/C16H25N3OS/c1-4-16(2)15(20)19(10-12-5-7-18(3)9-12)14(17-16)13-6-8-21-11-13/h6,8,11-12,14,17H,4-5,7,9-10H2,1-3H3. The molecule has 1 aromatic heterocycles. The van der Waals surface area contributed by atoms with Gasteiger partial charge in [0.05, 0.1) is 5.54 Å². The molecule has 5 heteroatoms.